The molecule has 2 aromatic rings. The maximum atomic E-state index is 12.0. The van der Waals surface area contributed by atoms with E-state index >= 15 is 0 Å². The number of ether oxygens (including phenoxy) is 1. The molecule has 0 radical (unpaired) electrons. The predicted octanol–water partition coefficient (Wildman–Crippen LogP) is 6.93. The van der Waals surface area contributed by atoms with Crippen LogP contribution in [0.15, 0.2) is 18.2 Å². The van der Waals surface area contributed by atoms with Gasteiger partial charge in [-0.2, -0.15) is 0 Å². The van der Waals surface area contributed by atoms with E-state index in [4.69, 9.17) is 74.3 Å². The molecule has 24 heavy (non-hydrogen) atoms. The fourth-order valence-corrected chi connectivity index (χ4v) is 3.13. The van der Waals surface area contributed by atoms with E-state index < -0.39 is 5.91 Å². The van der Waals surface area contributed by atoms with Gasteiger partial charge in [-0.3, -0.25) is 4.79 Å². The van der Waals surface area contributed by atoms with Gasteiger partial charge < -0.3 is 10.1 Å². The van der Waals surface area contributed by atoms with Crippen molar-refractivity contribution in [3.8, 4) is 5.75 Å². The van der Waals surface area contributed by atoms with Crippen LogP contribution in [-0.4, -0.2) is 12.5 Å². The second-order valence-corrected chi connectivity index (χ2v) is 7.00. The van der Waals surface area contributed by atoms with E-state index in [0.29, 0.717) is 10.7 Å². The van der Waals surface area contributed by atoms with Gasteiger partial charge in [0.15, 0.2) is 12.4 Å². The number of aryl methyl sites for hydroxylation is 1. The van der Waals surface area contributed by atoms with E-state index in [0.717, 1.165) is 5.56 Å². The van der Waals surface area contributed by atoms with Gasteiger partial charge in [-0.05, 0) is 24.6 Å². The third-order valence-electron chi connectivity index (χ3n) is 2.97. The summed E-state index contributed by atoms with van der Waals surface area (Å²) in [6, 6.07) is 5.13. The maximum Gasteiger partial charge on any atom is 0.262 e. The molecule has 9 heteroatoms. The largest absolute Gasteiger partial charge is 0.481 e. The van der Waals surface area contributed by atoms with Crippen molar-refractivity contribution in [2.45, 2.75) is 6.92 Å². The first-order valence-electron chi connectivity index (χ1n) is 6.42. The molecular formula is C15H9Cl6NO2. The molecule has 0 spiro atoms. The van der Waals surface area contributed by atoms with Crippen LogP contribution >= 0.6 is 69.6 Å². The number of nitrogens with one attached hydrogen (secondary N) is 1. The molecule has 0 atom stereocenters. The van der Waals surface area contributed by atoms with Gasteiger partial charge in [-0.1, -0.05) is 75.7 Å². The van der Waals surface area contributed by atoms with E-state index in [1.165, 1.54) is 0 Å². The van der Waals surface area contributed by atoms with Gasteiger partial charge in [0.2, 0.25) is 0 Å². The highest BCUT2D eigenvalue weighted by Crippen LogP contribution is 2.48. The summed E-state index contributed by atoms with van der Waals surface area (Å²) in [5.41, 5.74) is 1.43. The molecule has 0 fully saturated rings. The van der Waals surface area contributed by atoms with Crippen LogP contribution in [0.3, 0.4) is 0 Å². The third-order valence-corrected chi connectivity index (χ3v) is 5.62. The Morgan fingerprint density at radius 1 is 0.958 bits per heavy atom. The molecule has 128 valence electrons. The molecular weight excluding hydrogens is 439 g/mol. The van der Waals surface area contributed by atoms with Gasteiger partial charge in [0, 0.05) is 10.7 Å². The number of anilines is 1. The van der Waals surface area contributed by atoms with Crippen LogP contribution in [0.5, 0.6) is 5.75 Å². The summed E-state index contributed by atoms with van der Waals surface area (Å²) in [5.74, 6) is -0.459. The molecule has 0 aliphatic heterocycles. The number of carbonyl (C=O) groups excluding carboxylic acids is 1. The normalized spacial score (nSPS) is 10.6. The smallest absolute Gasteiger partial charge is 0.262 e. The number of rotatable bonds is 4. The molecule has 0 saturated heterocycles. The van der Waals surface area contributed by atoms with E-state index in [9.17, 15) is 4.79 Å². The van der Waals surface area contributed by atoms with Gasteiger partial charge in [-0.15, -0.1) is 0 Å². The molecule has 2 aromatic carbocycles. The highest BCUT2D eigenvalue weighted by Gasteiger charge is 2.21. The Balaban J connectivity index is 2.11. The molecule has 3 nitrogen and oxygen atoms in total. The monoisotopic (exact) mass is 445 g/mol. The first-order chi connectivity index (χ1) is 11.2. The zero-order valence-corrected chi connectivity index (χ0v) is 16.6. The summed E-state index contributed by atoms with van der Waals surface area (Å²) in [5, 5.41) is 3.12. The zero-order chi connectivity index (χ0) is 18.0. The minimum absolute atomic E-state index is 0.00606. The molecule has 2 rings (SSSR count). The van der Waals surface area contributed by atoms with Crippen LogP contribution in [0.4, 0.5) is 5.69 Å². The summed E-state index contributed by atoms with van der Waals surface area (Å²) in [6.45, 7) is 1.49. The van der Waals surface area contributed by atoms with Crippen molar-refractivity contribution in [2.75, 3.05) is 11.9 Å². The third kappa shape index (κ3) is 4.34. The first kappa shape index (κ1) is 19.8. The lowest BCUT2D eigenvalue weighted by molar-refractivity contribution is -0.118. The van der Waals surface area contributed by atoms with Crippen molar-refractivity contribution in [3.05, 3.63) is 53.9 Å². The quantitative estimate of drug-likeness (QED) is 0.407. The minimum atomic E-state index is -0.441. The average Bonchev–Trinajstić information content (AvgIpc) is 2.54. The van der Waals surface area contributed by atoms with Crippen LogP contribution in [-0.2, 0) is 4.79 Å². The minimum Gasteiger partial charge on any atom is -0.481 e. The van der Waals surface area contributed by atoms with E-state index in [1.807, 2.05) is 6.92 Å². The number of amides is 1. The van der Waals surface area contributed by atoms with Gasteiger partial charge in [-0.25, -0.2) is 0 Å². The Bertz CT molecular complexity index is 780. The molecule has 1 amide bonds. The summed E-state index contributed by atoms with van der Waals surface area (Å²) < 4.78 is 5.34. The lowest BCUT2D eigenvalue weighted by atomic mass is 10.2. The number of benzene rings is 2. The molecule has 0 saturated carbocycles. The van der Waals surface area contributed by atoms with E-state index in [-0.39, 0.29) is 37.5 Å². The summed E-state index contributed by atoms with van der Waals surface area (Å²) in [6.07, 6.45) is 0. The Kier molecular flexibility index (Phi) is 6.77. The van der Waals surface area contributed by atoms with Crippen molar-refractivity contribution in [1.29, 1.82) is 0 Å². The lowest BCUT2D eigenvalue weighted by Crippen LogP contribution is -2.20. The van der Waals surface area contributed by atoms with Crippen LogP contribution in [0, 0.1) is 6.92 Å². The number of halogens is 6. The van der Waals surface area contributed by atoms with Crippen LogP contribution in [0.1, 0.15) is 5.56 Å². The molecule has 0 bridgehead atoms. The number of hydrogen-bond donors (Lipinski definition) is 1. The van der Waals surface area contributed by atoms with Gasteiger partial charge in [0.1, 0.15) is 10.0 Å². The van der Waals surface area contributed by atoms with E-state index in [2.05, 4.69) is 5.32 Å². The Morgan fingerprint density at radius 2 is 1.50 bits per heavy atom. The number of hydrogen-bond acceptors (Lipinski definition) is 2. The van der Waals surface area contributed by atoms with Crippen LogP contribution in [0.25, 0.3) is 0 Å². The van der Waals surface area contributed by atoms with Crippen LogP contribution < -0.4 is 10.1 Å². The van der Waals surface area contributed by atoms with E-state index in [1.54, 1.807) is 18.2 Å². The van der Waals surface area contributed by atoms with Crippen LogP contribution in [0.2, 0.25) is 30.1 Å². The highest BCUT2D eigenvalue weighted by molar-refractivity contribution is 6.55. The average molecular weight is 448 g/mol. The molecule has 0 aliphatic rings. The van der Waals surface area contributed by atoms with Crippen molar-refractivity contribution in [1.82, 2.24) is 0 Å². The van der Waals surface area contributed by atoms with Gasteiger partial charge >= 0.3 is 0 Å². The predicted molar refractivity (Wildman–Crippen MR) is 102 cm³/mol. The molecule has 0 aromatic heterocycles. The topological polar surface area (TPSA) is 38.3 Å². The summed E-state index contributed by atoms with van der Waals surface area (Å²) >= 11 is 35.8. The van der Waals surface area contributed by atoms with Gasteiger partial charge in [0.05, 0.1) is 15.1 Å². The molecule has 1 N–H and O–H groups in total. The zero-order valence-electron chi connectivity index (χ0n) is 12.0. The summed E-state index contributed by atoms with van der Waals surface area (Å²) in [7, 11) is 0. The lowest BCUT2D eigenvalue weighted by Gasteiger charge is -2.13. The molecule has 0 heterocycles. The Hall–Kier alpha value is -0.550. The highest BCUT2D eigenvalue weighted by atomic mass is 35.5. The fraction of sp³-hybridized carbons (Fsp3) is 0.133. The maximum absolute atomic E-state index is 12.0. The second-order valence-electron chi connectivity index (χ2n) is 4.70. The summed E-state index contributed by atoms with van der Waals surface area (Å²) in [4.78, 5) is 12.0. The van der Waals surface area contributed by atoms with Gasteiger partial charge in [0.25, 0.3) is 5.91 Å². The number of carbonyl (C=O) groups is 1. The fourth-order valence-electron chi connectivity index (χ4n) is 1.72. The first-order valence-corrected chi connectivity index (χ1v) is 8.69. The van der Waals surface area contributed by atoms with Crippen molar-refractivity contribution < 1.29 is 9.53 Å². The second kappa shape index (κ2) is 8.22. The standard InChI is InChI=1S/C15H9Cl6NO2/c1-6-2-3-7(4-8(6)16)22-9(23)5-24-15-13(20)11(18)10(17)12(19)14(15)21/h2-4H,5H2,1H3,(H,22,23). The van der Waals surface area contributed by atoms with Crippen molar-refractivity contribution in [3.63, 3.8) is 0 Å². The SMILES string of the molecule is Cc1ccc(NC(=O)COc2c(Cl)c(Cl)c(Cl)c(Cl)c2Cl)cc1Cl. The Labute approximate surface area is 168 Å². The molecule has 0 unspecified atom stereocenters. The molecule has 0 aliphatic carbocycles. The Morgan fingerprint density at radius 3 is 2.04 bits per heavy atom. The van der Waals surface area contributed by atoms with Crippen molar-refractivity contribution in [2.24, 2.45) is 0 Å². The van der Waals surface area contributed by atoms with Crippen molar-refractivity contribution >= 4 is 81.2 Å².